The van der Waals surface area contributed by atoms with Crippen LogP contribution in [0.4, 0.5) is 0 Å². The van der Waals surface area contributed by atoms with Gasteiger partial charge in [-0.25, -0.2) is 0 Å². The van der Waals surface area contributed by atoms with Gasteiger partial charge in [0.1, 0.15) is 0 Å². The maximum Gasteiger partial charge on any atom is 0.00697 e. The van der Waals surface area contributed by atoms with Gasteiger partial charge in [-0.2, -0.15) is 0 Å². The molecule has 1 rings (SSSR count). The van der Waals surface area contributed by atoms with E-state index < -0.39 is 0 Å². The smallest absolute Gasteiger partial charge is 0.00697 e. The lowest BCUT2D eigenvalue weighted by Gasteiger charge is -2.38. The van der Waals surface area contributed by atoms with E-state index in [-0.39, 0.29) is 0 Å². The Hall–Kier alpha value is -0.0400. The first-order valence-corrected chi connectivity index (χ1v) is 8.19. The molecule has 108 valence electrons. The monoisotopic (exact) mass is 253 g/mol. The predicted octanol–water partition coefficient (Wildman–Crippen LogP) is 5.15. The molecule has 1 atom stereocenters. The molecule has 1 aliphatic carbocycles. The van der Waals surface area contributed by atoms with Crippen molar-refractivity contribution in [1.82, 2.24) is 5.32 Å². The van der Waals surface area contributed by atoms with Crippen LogP contribution >= 0.6 is 0 Å². The summed E-state index contributed by atoms with van der Waals surface area (Å²) in [6.45, 7) is 11.9. The van der Waals surface area contributed by atoms with Crippen molar-refractivity contribution in [2.45, 2.75) is 98.1 Å². The molecular weight excluding hydrogens is 218 g/mol. The van der Waals surface area contributed by atoms with Crippen molar-refractivity contribution in [2.75, 3.05) is 0 Å². The molecule has 0 aromatic carbocycles. The molecule has 0 radical (unpaired) electrons. The first-order valence-electron chi connectivity index (χ1n) is 8.19. The standard InChI is InChI=1S/C17H35N/c1-6-7-8-9-14(2)18-16-12-10-15(11-13-16)17(3,4)5/h14-16,18H,6-13H2,1-5H3. The van der Waals surface area contributed by atoms with Gasteiger partial charge in [-0.05, 0) is 50.4 Å². The third kappa shape index (κ3) is 5.73. The van der Waals surface area contributed by atoms with Crippen LogP contribution in [0.1, 0.15) is 86.0 Å². The van der Waals surface area contributed by atoms with Crippen LogP contribution in [0, 0.1) is 11.3 Å². The van der Waals surface area contributed by atoms with Crippen molar-refractivity contribution in [3.63, 3.8) is 0 Å². The molecule has 0 aromatic rings. The zero-order chi connectivity index (χ0) is 13.6. The molecule has 0 spiro atoms. The third-order valence-electron chi connectivity index (χ3n) is 4.71. The maximum absolute atomic E-state index is 3.85. The fourth-order valence-corrected chi connectivity index (χ4v) is 3.31. The summed E-state index contributed by atoms with van der Waals surface area (Å²) in [6.07, 6.45) is 11.1. The Labute approximate surface area is 115 Å². The van der Waals surface area contributed by atoms with E-state index >= 15 is 0 Å². The van der Waals surface area contributed by atoms with Crippen molar-refractivity contribution < 1.29 is 0 Å². The summed E-state index contributed by atoms with van der Waals surface area (Å²) in [5.74, 6) is 0.936. The Morgan fingerprint density at radius 3 is 2.17 bits per heavy atom. The van der Waals surface area contributed by atoms with Crippen molar-refractivity contribution in [2.24, 2.45) is 11.3 Å². The number of rotatable bonds is 6. The van der Waals surface area contributed by atoms with Crippen LogP contribution in [0.2, 0.25) is 0 Å². The fraction of sp³-hybridized carbons (Fsp3) is 1.00. The van der Waals surface area contributed by atoms with E-state index in [2.05, 4.69) is 39.9 Å². The average Bonchev–Trinajstić information content (AvgIpc) is 2.29. The topological polar surface area (TPSA) is 12.0 Å². The highest BCUT2D eigenvalue weighted by atomic mass is 14.9. The highest BCUT2D eigenvalue weighted by Gasteiger charge is 2.29. The molecule has 0 amide bonds. The van der Waals surface area contributed by atoms with E-state index in [0.717, 1.165) is 12.0 Å². The van der Waals surface area contributed by atoms with Gasteiger partial charge in [-0.3, -0.25) is 0 Å². The van der Waals surface area contributed by atoms with Crippen molar-refractivity contribution in [3.8, 4) is 0 Å². The highest BCUT2D eigenvalue weighted by Crippen LogP contribution is 2.37. The van der Waals surface area contributed by atoms with Gasteiger partial charge in [-0.15, -0.1) is 0 Å². The molecule has 0 aliphatic heterocycles. The van der Waals surface area contributed by atoms with E-state index in [1.54, 1.807) is 0 Å². The molecule has 1 aliphatic rings. The molecular formula is C17H35N. The summed E-state index contributed by atoms with van der Waals surface area (Å²) in [5.41, 5.74) is 0.512. The molecule has 1 heteroatoms. The minimum atomic E-state index is 0.512. The van der Waals surface area contributed by atoms with Crippen LogP contribution in [0.15, 0.2) is 0 Å². The van der Waals surface area contributed by atoms with E-state index in [1.165, 1.54) is 51.4 Å². The quantitative estimate of drug-likeness (QED) is 0.646. The molecule has 0 aromatic heterocycles. The van der Waals surface area contributed by atoms with Gasteiger partial charge in [0, 0.05) is 12.1 Å². The second-order valence-corrected chi connectivity index (χ2v) is 7.48. The molecule has 0 bridgehead atoms. The van der Waals surface area contributed by atoms with Crippen LogP contribution in [0.3, 0.4) is 0 Å². The molecule has 0 heterocycles. The summed E-state index contributed by atoms with van der Waals surface area (Å²) in [7, 11) is 0. The van der Waals surface area contributed by atoms with E-state index in [4.69, 9.17) is 0 Å². The Morgan fingerprint density at radius 1 is 1.06 bits per heavy atom. The van der Waals surface area contributed by atoms with Gasteiger partial charge in [0.25, 0.3) is 0 Å². The Bertz CT molecular complexity index is 208. The first-order chi connectivity index (χ1) is 8.43. The van der Waals surface area contributed by atoms with Crippen LogP contribution in [-0.2, 0) is 0 Å². The van der Waals surface area contributed by atoms with Gasteiger partial charge in [0.15, 0.2) is 0 Å². The normalized spacial score (nSPS) is 27.2. The largest absolute Gasteiger partial charge is 0.312 e. The second-order valence-electron chi connectivity index (χ2n) is 7.48. The van der Waals surface area contributed by atoms with E-state index in [9.17, 15) is 0 Å². The summed E-state index contributed by atoms with van der Waals surface area (Å²) in [5, 5.41) is 3.85. The molecule has 1 unspecified atom stereocenters. The highest BCUT2D eigenvalue weighted by molar-refractivity contribution is 4.84. The van der Waals surface area contributed by atoms with Gasteiger partial charge in [-0.1, -0.05) is 47.0 Å². The fourth-order valence-electron chi connectivity index (χ4n) is 3.31. The van der Waals surface area contributed by atoms with Crippen LogP contribution in [0.5, 0.6) is 0 Å². The summed E-state index contributed by atoms with van der Waals surface area (Å²) >= 11 is 0. The number of hydrogen-bond donors (Lipinski definition) is 1. The van der Waals surface area contributed by atoms with Crippen molar-refractivity contribution in [3.05, 3.63) is 0 Å². The number of hydrogen-bond acceptors (Lipinski definition) is 1. The summed E-state index contributed by atoms with van der Waals surface area (Å²) in [6, 6.07) is 1.51. The van der Waals surface area contributed by atoms with E-state index in [1.807, 2.05) is 0 Å². The maximum atomic E-state index is 3.85. The molecule has 1 fully saturated rings. The SMILES string of the molecule is CCCCCC(C)NC1CCC(C(C)(C)C)CC1. The Balaban J connectivity index is 2.19. The minimum absolute atomic E-state index is 0.512. The molecule has 1 N–H and O–H groups in total. The lowest BCUT2D eigenvalue weighted by Crippen LogP contribution is -2.40. The van der Waals surface area contributed by atoms with Crippen LogP contribution in [0.25, 0.3) is 0 Å². The zero-order valence-corrected chi connectivity index (χ0v) is 13.4. The molecule has 1 saturated carbocycles. The Kier molecular flexibility index (Phi) is 6.70. The first kappa shape index (κ1) is 16.0. The summed E-state index contributed by atoms with van der Waals surface area (Å²) < 4.78 is 0. The third-order valence-corrected chi connectivity index (χ3v) is 4.71. The Morgan fingerprint density at radius 2 is 1.67 bits per heavy atom. The lowest BCUT2D eigenvalue weighted by atomic mass is 9.71. The second kappa shape index (κ2) is 7.53. The van der Waals surface area contributed by atoms with Gasteiger partial charge < -0.3 is 5.32 Å². The number of unbranched alkanes of at least 4 members (excludes halogenated alkanes) is 2. The average molecular weight is 253 g/mol. The number of nitrogens with one attached hydrogen (secondary N) is 1. The van der Waals surface area contributed by atoms with Gasteiger partial charge in [0.05, 0.1) is 0 Å². The van der Waals surface area contributed by atoms with Crippen molar-refractivity contribution in [1.29, 1.82) is 0 Å². The van der Waals surface area contributed by atoms with Crippen LogP contribution < -0.4 is 5.32 Å². The lowest BCUT2D eigenvalue weighted by molar-refractivity contribution is 0.156. The summed E-state index contributed by atoms with van der Waals surface area (Å²) in [4.78, 5) is 0. The zero-order valence-electron chi connectivity index (χ0n) is 13.4. The predicted molar refractivity (Wildman–Crippen MR) is 81.9 cm³/mol. The minimum Gasteiger partial charge on any atom is -0.312 e. The van der Waals surface area contributed by atoms with Gasteiger partial charge >= 0.3 is 0 Å². The molecule has 1 nitrogen and oxygen atoms in total. The van der Waals surface area contributed by atoms with E-state index in [0.29, 0.717) is 11.5 Å². The van der Waals surface area contributed by atoms with Crippen molar-refractivity contribution >= 4 is 0 Å². The molecule has 18 heavy (non-hydrogen) atoms. The molecule has 0 saturated heterocycles. The van der Waals surface area contributed by atoms with Crippen LogP contribution in [-0.4, -0.2) is 12.1 Å². The van der Waals surface area contributed by atoms with Gasteiger partial charge in [0.2, 0.25) is 0 Å².